The molecule has 1 aliphatic heterocycles. The maximum atomic E-state index is 3.49. The van der Waals surface area contributed by atoms with Crippen LogP contribution < -0.4 is 5.32 Å². The first-order valence-electron chi connectivity index (χ1n) is 7.25. The predicted molar refractivity (Wildman–Crippen MR) is 71.9 cm³/mol. The Bertz CT molecular complexity index is 153. The summed E-state index contributed by atoms with van der Waals surface area (Å²) < 4.78 is 0. The minimum absolute atomic E-state index is 0.796. The summed E-state index contributed by atoms with van der Waals surface area (Å²) in [4.78, 5) is 2.56. The topological polar surface area (TPSA) is 15.3 Å². The first kappa shape index (κ1) is 14.0. The van der Waals surface area contributed by atoms with E-state index < -0.39 is 0 Å². The molecule has 1 atom stereocenters. The van der Waals surface area contributed by atoms with Gasteiger partial charge in [0.15, 0.2) is 0 Å². The van der Waals surface area contributed by atoms with Crippen molar-refractivity contribution >= 4 is 0 Å². The molecule has 0 amide bonds. The monoisotopic (exact) mass is 226 g/mol. The first-order valence-corrected chi connectivity index (χ1v) is 7.25. The zero-order valence-electron chi connectivity index (χ0n) is 11.3. The van der Waals surface area contributed by atoms with E-state index in [-0.39, 0.29) is 0 Å². The smallest absolute Gasteiger partial charge is 0.0218 e. The van der Waals surface area contributed by atoms with Gasteiger partial charge in [0, 0.05) is 12.6 Å². The molecule has 96 valence electrons. The minimum Gasteiger partial charge on any atom is -0.315 e. The second kappa shape index (κ2) is 9.00. The Hall–Kier alpha value is -0.0800. The zero-order chi connectivity index (χ0) is 11.6. The van der Waals surface area contributed by atoms with Gasteiger partial charge in [-0.3, -0.25) is 0 Å². The molecule has 1 heterocycles. The molecular weight excluding hydrogens is 196 g/mol. The van der Waals surface area contributed by atoms with Crippen LogP contribution in [0.5, 0.6) is 0 Å². The highest BCUT2D eigenvalue weighted by Crippen LogP contribution is 2.10. The summed E-state index contributed by atoms with van der Waals surface area (Å²) in [5, 5.41) is 3.49. The van der Waals surface area contributed by atoms with Crippen LogP contribution in [0, 0.1) is 0 Å². The van der Waals surface area contributed by atoms with Gasteiger partial charge in [-0.1, -0.05) is 39.0 Å². The van der Waals surface area contributed by atoms with Gasteiger partial charge in [-0.05, 0) is 39.4 Å². The average molecular weight is 226 g/mol. The number of nitrogens with zero attached hydrogens (tertiary/aromatic N) is 1. The van der Waals surface area contributed by atoms with Gasteiger partial charge in [-0.25, -0.2) is 0 Å². The van der Waals surface area contributed by atoms with Crippen LogP contribution in [-0.4, -0.2) is 37.6 Å². The van der Waals surface area contributed by atoms with Crippen molar-refractivity contribution in [1.82, 2.24) is 10.2 Å². The van der Waals surface area contributed by atoms with Gasteiger partial charge < -0.3 is 10.2 Å². The van der Waals surface area contributed by atoms with Crippen LogP contribution in [0.3, 0.4) is 0 Å². The molecule has 0 aliphatic carbocycles. The molecule has 0 spiro atoms. The van der Waals surface area contributed by atoms with Crippen LogP contribution in [0.1, 0.15) is 58.3 Å². The van der Waals surface area contributed by atoms with E-state index in [0.717, 1.165) is 6.04 Å². The van der Waals surface area contributed by atoms with E-state index >= 15 is 0 Å². The van der Waals surface area contributed by atoms with Gasteiger partial charge in [0.2, 0.25) is 0 Å². The van der Waals surface area contributed by atoms with Gasteiger partial charge in [0.25, 0.3) is 0 Å². The van der Waals surface area contributed by atoms with Gasteiger partial charge in [0.05, 0.1) is 0 Å². The Labute approximate surface area is 102 Å². The lowest BCUT2D eigenvalue weighted by Crippen LogP contribution is -2.44. The Morgan fingerprint density at radius 2 is 1.88 bits per heavy atom. The molecule has 2 nitrogen and oxygen atoms in total. The highest BCUT2D eigenvalue weighted by Gasteiger charge is 2.16. The van der Waals surface area contributed by atoms with Crippen LogP contribution in [0.25, 0.3) is 0 Å². The maximum absolute atomic E-state index is 3.49. The fraction of sp³-hybridized carbons (Fsp3) is 1.00. The molecule has 1 aliphatic rings. The van der Waals surface area contributed by atoms with E-state index in [2.05, 4.69) is 24.2 Å². The molecule has 1 rings (SSSR count). The number of likely N-dealkylation sites (N-methyl/N-ethyl adjacent to an activating group) is 1. The van der Waals surface area contributed by atoms with Crippen molar-refractivity contribution in [2.24, 2.45) is 0 Å². The molecule has 1 N–H and O–H groups in total. The average Bonchev–Trinajstić information content (AvgIpc) is 2.34. The Kier molecular flexibility index (Phi) is 7.87. The van der Waals surface area contributed by atoms with Crippen molar-refractivity contribution in [3.63, 3.8) is 0 Å². The SMILES string of the molecule is CCCCCCCCN(C)C1CCCNC1. The lowest BCUT2D eigenvalue weighted by Gasteiger charge is -2.31. The molecule has 1 unspecified atom stereocenters. The molecule has 16 heavy (non-hydrogen) atoms. The molecule has 0 aromatic carbocycles. The number of piperidine rings is 1. The summed E-state index contributed by atoms with van der Waals surface area (Å²) in [7, 11) is 2.30. The first-order chi connectivity index (χ1) is 7.84. The van der Waals surface area contributed by atoms with Crippen LogP contribution in [0.4, 0.5) is 0 Å². The molecule has 0 bridgehead atoms. The van der Waals surface area contributed by atoms with Crippen molar-refractivity contribution < 1.29 is 0 Å². The number of hydrogen-bond donors (Lipinski definition) is 1. The summed E-state index contributed by atoms with van der Waals surface area (Å²) >= 11 is 0. The fourth-order valence-corrected chi connectivity index (χ4v) is 2.53. The standard InChI is InChI=1S/C14H30N2/c1-3-4-5-6-7-8-12-16(2)14-10-9-11-15-13-14/h14-15H,3-13H2,1-2H3. The molecule has 0 saturated carbocycles. The summed E-state index contributed by atoms with van der Waals surface area (Å²) in [5.41, 5.74) is 0. The van der Waals surface area contributed by atoms with E-state index in [1.54, 1.807) is 0 Å². The third-order valence-electron chi connectivity index (χ3n) is 3.76. The number of hydrogen-bond acceptors (Lipinski definition) is 2. The quantitative estimate of drug-likeness (QED) is 0.640. The van der Waals surface area contributed by atoms with Gasteiger partial charge in [0.1, 0.15) is 0 Å². The fourth-order valence-electron chi connectivity index (χ4n) is 2.53. The molecule has 2 heteroatoms. The van der Waals surface area contributed by atoms with E-state index in [0.29, 0.717) is 0 Å². The normalized spacial score (nSPS) is 21.6. The summed E-state index contributed by atoms with van der Waals surface area (Å²) in [6, 6.07) is 0.796. The molecule has 0 aromatic rings. The van der Waals surface area contributed by atoms with Gasteiger partial charge >= 0.3 is 0 Å². The van der Waals surface area contributed by atoms with E-state index in [1.165, 1.54) is 71.0 Å². The van der Waals surface area contributed by atoms with Crippen LogP contribution in [0.2, 0.25) is 0 Å². The van der Waals surface area contributed by atoms with Crippen LogP contribution >= 0.6 is 0 Å². The van der Waals surface area contributed by atoms with Crippen molar-refractivity contribution in [3.05, 3.63) is 0 Å². The van der Waals surface area contributed by atoms with Gasteiger partial charge in [-0.15, -0.1) is 0 Å². The van der Waals surface area contributed by atoms with Crippen LogP contribution in [-0.2, 0) is 0 Å². The molecule has 1 saturated heterocycles. The predicted octanol–water partition coefficient (Wildman–Crippen LogP) is 3.03. The lowest BCUT2D eigenvalue weighted by molar-refractivity contribution is 0.199. The Morgan fingerprint density at radius 1 is 1.12 bits per heavy atom. The summed E-state index contributed by atoms with van der Waals surface area (Å²) in [5.74, 6) is 0. The highest BCUT2D eigenvalue weighted by molar-refractivity contribution is 4.76. The van der Waals surface area contributed by atoms with Crippen molar-refractivity contribution in [2.75, 3.05) is 26.7 Å². The zero-order valence-corrected chi connectivity index (χ0v) is 11.3. The molecule has 0 radical (unpaired) electrons. The third kappa shape index (κ3) is 5.86. The molecule has 0 aromatic heterocycles. The van der Waals surface area contributed by atoms with E-state index in [4.69, 9.17) is 0 Å². The van der Waals surface area contributed by atoms with Crippen LogP contribution in [0.15, 0.2) is 0 Å². The Balaban J connectivity index is 1.94. The summed E-state index contributed by atoms with van der Waals surface area (Å²) in [6.07, 6.45) is 11.2. The number of nitrogens with one attached hydrogen (secondary N) is 1. The van der Waals surface area contributed by atoms with Gasteiger partial charge in [-0.2, -0.15) is 0 Å². The second-order valence-electron chi connectivity index (χ2n) is 5.25. The second-order valence-corrected chi connectivity index (χ2v) is 5.25. The molecule has 1 fully saturated rings. The maximum Gasteiger partial charge on any atom is 0.0218 e. The van der Waals surface area contributed by atoms with E-state index in [1.807, 2.05) is 0 Å². The molecular formula is C14H30N2. The van der Waals surface area contributed by atoms with E-state index in [9.17, 15) is 0 Å². The van der Waals surface area contributed by atoms with Crippen molar-refractivity contribution in [3.8, 4) is 0 Å². The summed E-state index contributed by atoms with van der Waals surface area (Å²) in [6.45, 7) is 6.00. The van der Waals surface area contributed by atoms with Crippen molar-refractivity contribution in [1.29, 1.82) is 0 Å². The Morgan fingerprint density at radius 3 is 2.56 bits per heavy atom. The highest BCUT2D eigenvalue weighted by atomic mass is 15.1. The lowest BCUT2D eigenvalue weighted by atomic mass is 10.1. The number of rotatable bonds is 8. The third-order valence-corrected chi connectivity index (χ3v) is 3.76. The minimum atomic E-state index is 0.796. The largest absolute Gasteiger partial charge is 0.315 e. The van der Waals surface area contributed by atoms with Crippen molar-refractivity contribution in [2.45, 2.75) is 64.3 Å². The number of unbranched alkanes of at least 4 members (excludes halogenated alkanes) is 5.